The topological polar surface area (TPSA) is 107 Å². The zero-order valence-electron chi connectivity index (χ0n) is 13.3. The number of rotatable bonds is 6. The smallest absolute Gasteiger partial charge is 0.426 e. The van der Waals surface area contributed by atoms with Gasteiger partial charge in [0.15, 0.2) is 0 Å². The third kappa shape index (κ3) is 7.19. The molecule has 1 aromatic rings. The van der Waals surface area contributed by atoms with Crippen molar-refractivity contribution in [3.63, 3.8) is 0 Å². The molecule has 0 fully saturated rings. The average molecular weight is 634 g/mol. The van der Waals surface area contributed by atoms with Gasteiger partial charge in [-0.05, 0) is 64.2 Å². The summed E-state index contributed by atoms with van der Waals surface area (Å²) in [5.74, 6) is -4.27. The minimum atomic E-state index is -5.23. The number of hydrogen-bond donors (Lipinski definition) is 1. The normalized spacial score (nSPS) is 13.0. The van der Waals surface area contributed by atoms with Crippen molar-refractivity contribution in [2.75, 3.05) is 5.75 Å². The average Bonchev–Trinajstić information content (AvgIpc) is 2.47. The summed E-state index contributed by atoms with van der Waals surface area (Å²) >= 11 is 3.22. The molecule has 1 atom stereocenters. The number of benzene rings is 1. The lowest BCUT2D eigenvalue weighted by Gasteiger charge is -2.20. The molecule has 0 spiro atoms. The van der Waals surface area contributed by atoms with Crippen LogP contribution in [0.15, 0.2) is 24.3 Å². The Morgan fingerprint density at radius 3 is 2.30 bits per heavy atom. The van der Waals surface area contributed by atoms with Crippen molar-refractivity contribution in [2.45, 2.75) is 19.2 Å². The zero-order chi connectivity index (χ0) is 21.2. The highest BCUT2D eigenvalue weighted by molar-refractivity contribution is 14.1. The van der Waals surface area contributed by atoms with E-state index >= 15 is 0 Å². The van der Waals surface area contributed by atoms with Crippen LogP contribution in [0.4, 0.5) is 13.2 Å². The first-order valence-electron chi connectivity index (χ1n) is 6.72. The van der Waals surface area contributed by atoms with Crippen LogP contribution in [0.1, 0.15) is 17.3 Å². The van der Waals surface area contributed by atoms with Crippen LogP contribution in [0.5, 0.6) is 5.75 Å². The number of carbonyl (C=O) groups is 2. The third-order valence-electron chi connectivity index (χ3n) is 2.79. The first-order valence-corrected chi connectivity index (χ1v) is 10.5. The van der Waals surface area contributed by atoms with Gasteiger partial charge in [0.25, 0.3) is 10.1 Å². The van der Waals surface area contributed by atoms with Crippen LogP contribution in [0, 0.1) is 7.14 Å². The van der Waals surface area contributed by atoms with E-state index < -0.39 is 40.1 Å². The molecule has 0 bridgehead atoms. The maximum absolute atomic E-state index is 12.9. The third-order valence-corrected chi connectivity index (χ3v) is 5.48. The highest BCUT2D eigenvalue weighted by Crippen LogP contribution is 2.31. The number of halogens is 5. The predicted octanol–water partition coefficient (Wildman–Crippen LogP) is 3.35. The summed E-state index contributed by atoms with van der Waals surface area (Å²) in [4.78, 5) is 23.8. The van der Waals surface area contributed by atoms with Gasteiger partial charge in [-0.25, -0.2) is 9.59 Å². The SMILES string of the molecule is C=C(C)C(=O)Oc1ccc(I)c(C(=O)OC(CS(=O)(=O)O)C(F)(F)F)c1I. The Kier molecular flexibility index (Phi) is 8.07. The minimum Gasteiger partial charge on any atom is -0.448 e. The second-order valence-electron chi connectivity index (χ2n) is 5.09. The molecular formula is C14H11F3I2O7S. The quantitative estimate of drug-likeness (QED) is 0.168. The summed E-state index contributed by atoms with van der Waals surface area (Å²) in [6, 6.07) is 2.62. The highest BCUT2D eigenvalue weighted by Gasteiger charge is 2.46. The Balaban J connectivity index is 3.25. The Labute approximate surface area is 179 Å². The maximum atomic E-state index is 12.9. The summed E-state index contributed by atoms with van der Waals surface area (Å²) in [5.41, 5.74) is -0.299. The summed E-state index contributed by atoms with van der Waals surface area (Å²) in [7, 11) is -5.07. The molecule has 0 amide bonds. The molecule has 0 aliphatic heterocycles. The van der Waals surface area contributed by atoms with Gasteiger partial charge in [-0.3, -0.25) is 4.55 Å². The van der Waals surface area contributed by atoms with Crippen molar-refractivity contribution < 1.29 is 45.2 Å². The van der Waals surface area contributed by atoms with Gasteiger partial charge in [-0.1, -0.05) is 6.58 Å². The number of carbonyl (C=O) groups excluding carboxylic acids is 2. The minimum absolute atomic E-state index is 0.0214. The molecule has 7 nitrogen and oxygen atoms in total. The number of esters is 2. The van der Waals surface area contributed by atoms with Crippen molar-refractivity contribution in [3.8, 4) is 5.75 Å². The number of alkyl halides is 3. The number of ether oxygens (including phenoxy) is 2. The molecule has 1 rings (SSSR count). The van der Waals surface area contributed by atoms with Crippen molar-refractivity contribution >= 4 is 67.2 Å². The van der Waals surface area contributed by atoms with Crippen LogP contribution < -0.4 is 4.74 Å². The lowest BCUT2D eigenvalue weighted by Crippen LogP contribution is -2.39. The molecule has 0 saturated heterocycles. The van der Waals surface area contributed by atoms with Crippen molar-refractivity contribution in [3.05, 3.63) is 37.0 Å². The second kappa shape index (κ2) is 9.04. The van der Waals surface area contributed by atoms with E-state index in [1.807, 2.05) is 0 Å². The van der Waals surface area contributed by atoms with Crippen molar-refractivity contribution in [1.82, 2.24) is 0 Å². The first-order chi connectivity index (χ1) is 12.1. The number of hydrogen-bond acceptors (Lipinski definition) is 6. The van der Waals surface area contributed by atoms with Crippen LogP contribution in [-0.2, 0) is 19.6 Å². The molecule has 1 aromatic carbocycles. The zero-order valence-corrected chi connectivity index (χ0v) is 18.5. The maximum Gasteiger partial charge on any atom is 0.426 e. The van der Waals surface area contributed by atoms with Crippen molar-refractivity contribution in [2.24, 2.45) is 0 Å². The fourth-order valence-electron chi connectivity index (χ4n) is 1.56. The molecule has 0 aliphatic rings. The van der Waals surface area contributed by atoms with E-state index in [-0.39, 0.29) is 24.0 Å². The standard InChI is InChI=1S/C14H11F3I2O7S/c1-6(2)12(20)25-8-4-3-7(18)10(11(8)19)13(21)26-9(14(15,16)17)5-27(22,23)24/h3-4,9H,1,5H2,2H3,(H,22,23,24). The van der Waals surface area contributed by atoms with Gasteiger partial charge < -0.3 is 9.47 Å². The lowest BCUT2D eigenvalue weighted by molar-refractivity contribution is -0.197. The molecule has 0 aliphatic carbocycles. The Bertz CT molecular complexity index is 881. The molecule has 13 heteroatoms. The van der Waals surface area contributed by atoms with Gasteiger partial charge in [0, 0.05) is 9.14 Å². The van der Waals surface area contributed by atoms with Gasteiger partial charge in [0.2, 0.25) is 6.10 Å². The highest BCUT2D eigenvalue weighted by atomic mass is 127. The van der Waals surface area contributed by atoms with Gasteiger partial charge in [0.05, 0.1) is 9.13 Å². The van der Waals surface area contributed by atoms with E-state index in [4.69, 9.17) is 9.29 Å². The van der Waals surface area contributed by atoms with Gasteiger partial charge in [-0.15, -0.1) is 0 Å². The largest absolute Gasteiger partial charge is 0.448 e. The first kappa shape index (κ1) is 24.1. The van der Waals surface area contributed by atoms with Crippen LogP contribution >= 0.6 is 45.2 Å². The molecule has 27 heavy (non-hydrogen) atoms. The van der Waals surface area contributed by atoms with Gasteiger partial charge >= 0.3 is 18.1 Å². The monoisotopic (exact) mass is 634 g/mol. The second-order valence-corrected chi connectivity index (χ2v) is 8.83. The van der Waals surface area contributed by atoms with E-state index in [9.17, 15) is 31.2 Å². The van der Waals surface area contributed by atoms with E-state index in [2.05, 4.69) is 11.3 Å². The lowest BCUT2D eigenvalue weighted by atomic mass is 10.2. The Hall–Kier alpha value is -0.940. The van der Waals surface area contributed by atoms with E-state index in [1.165, 1.54) is 19.1 Å². The fourth-order valence-corrected chi connectivity index (χ4v) is 4.19. The summed E-state index contributed by atoms with van der Waals surface area (Å²) < 4.78 is 78.4. The molecule has 0 radical (unpaired) electrons. The van der Waals surface area contributed by atoms with Crippen molar-refractivity contribution in [1.29, 1.82) is 0 Å². The van der Waals surface area contributed by atoms with Crippen LogP contribution in [0.2, 0.25) is 0 Å². The summed E-state index contributed by atoms with van der Waals surface area (Å²) in [5, 5.41) is 0. The van der Waals surface area contributed by atoms with Gasteiger partial charge in [-0.2, -0.15) is 21.6 Å². The van der Waals surface area contributed by atoms with E-state index in [0.29, 0.717) is 0 Å². The molecule has 0 aromatic heterocycles. The fraction of sp³-hybridized carbons (Fsp3) is 0.286. The molecule has 0 heterocycles. The molecule has 1 N–H and O–H groups in total. The predicted molar refractivity (Wildman–Crippen MR) is 104 cm³/mol. The van der Waals surface area contributed by atoms with Crippen LogP contribution in [-0.4, -0.2) is 42.9 Å². The summed E-state index contributed by atoms with van der Waals surface area (Å²) in [6.07, 6.45) is -8.31. The molecule has 150 valence electrons. The summed E-state index contributed by atoms with van der Waals surface area (Å²) in [6.45, 7) is 4.76. The molecule has 0 saturated carbocycles. The van der Waals surface area contributed by atoms with Crippen LogP contribution in [0.25, 0.3) is 0 Å². The van der Waals surface area contributed by atoms with E-state index in [1.54, 1.807) is 45.2 Å². The van der Waals surface area contributed by atoms with Crippen LogP contribution in [0.3, 0.4) is 0 Å². The molecule has 1 unspecified atom stereocenters. The van der Waals surface area contributed by atoms with Gasteiger partial charge in [0.1, 0.15) is 11.5 Å². The van der Waals surface area contributed by atoms with E-state index in [0.717, 1.165) is 0 Å². The Morgan fingerprint density at radius 1 is 1.30 bits per heavy atom. The Morgan fingerprint density at radius 2 is 1.85 bits per heavy atom. The molecular weight excluding hydrogens is 623 g/mol.